The molecule has 1 amide bonds. The van der Waals surface area contributed by atoms with Gasteiger partial charge in [0.25, 0.3) is 0 Å². The Morgan fingerprint density at radius 1 is 1.44 bits per heavy atom. The molecular formula is C12H16ClNOS. The number of hydrogen-bond donors (Lipinski definition) is 0. The van der Waals surface area contributed by atoms with Gasteiger partial charge in [-0.3, -0.25) is 4.79 Å². The number of halogens is 1. The van der Waals surface area contributed by atoms with Crippen LogP contribution in [-0.4, -0.2) is 29.6 Å². The van der Waals surface area contributed by atoms with Gasteiger partial charge in [0.2, 0.25) is 5.91 Å². The molecule has 0 aliphatic heterocycles. The summed E-state index contributed by atoms with van der Waals surface area (Å²) in [7, 11) is 1.83. The van der Waals surface area contributed by atoms with Gasteiger partial charge in [0.15, 0.2) is 0 Å². The first-order valence-electron chi connectivity index (χ1n) is 5.12. The third-order valence-corrected chi connectivity index (χ3v) is 3.97. The van der Waals surface area contributed by atoms with Crippen molar-refractivity contribution >= 4 is 29.3 Å². The summed E-state index contributed by atoms with van der Waals surface area (Å²) in [6.07, 6.45) is 0. The molecule has 0 aliphatic carbocycles. The summed E-state index contributed by atoms with van der Waals surface area (Å²) in [6.45, 7) is 3.63. The van der Waals surface area contributed by atoms with Gasteiger partial charge >= 0.3 is 0 Å². The van der Waals surface area contributed by atoms with E-state index in [4.69, 9.17) is 11.6 Å². The van der Waals surface area contributed by atoms with Gasteiger partial charge in [0.05, 0.1) is 0 Å². The van der Waals surface area contributed by atoms with Crippen LogP contribution in [0.1, 0.15) is 13.8 Å². The molecule has 0 bridgehead atoms. The zero-order chi connectivity index (χ0) is 12.1. The first kappa shape index (κ1) is 13.4. The highest BCUT2D eigenvalue weighted by molar-refractivity contribution is 7.99. The van der Waals surface area contributed by atoms with Crippen molar-refractivity contribution < 1.29 is 4.79 Å². The largest absolute Gasteiger partial charge is 0.342 e. The second-order valence-electron chi connectivity index (χ2n) is 3.74. The third-order valence-electron chi connectivity index (χ3n) is 2.46. The van der Waals surface area contributed by atoms with Crippen LogP contribution in [0.15, 0.2) is 29.2 Å². The van der Waals surface area contributed by atoms with E-state index in [1.807, 2.05) is 38.2 Å². The van der Waals surface area contributed by atoms with Crippen LogP contribution >= 0.6 is 23.4 Å². The summed E-state index contributed by atoms with van der Waals surface area (Å²) in [6, 6.07) is 7.98. The summed E-state index contributed by atoms with van der Waals surface area (Å²) >= 11 is 7.53. The van der Waals surface area contributed by atoms with Gasteiger partial charge < -0.3 is 4.90 Å². The topological polar surface area (TPSA) is 20.3 Å². The molecule has 1 rings (SSSR count). The molecule has 1 aromatic carbocycles. The Hall–Kier alpha value is -0.670. The minimum atomic E-state index is 0.101. The number of carbonyl (C=O) groups is 1. The van der Waals surface area contributed by atoms with Crippen molar-refractivity contribution in [1.82, 2.24) is 4.90 Å². The molecule has 4 heteroatoms. The Bertz CT molecular complexity index is 353. The SMILES string of the molecule is CC(=O)N(C)[C@@H](C)CSc1ccc(Cl)cc1. The van der Waals surface area contributed by atoms with E-state index in [9.17, 15) is 4.79 Å². The fourth-order valence-corrected chi connectivity index (χ4v) is 2.28. The predicted molar refractivity (Wildman–Crippen MR) is 70.1 cm³/mol. The third kappa shape index (κ3) is 4.06. The second kappa shape index (κ2) is 6.16. The van der Waals surface area contributed by atoms with Gasteiger partial charge in [0.1, 0.15) is 0 Å². The fourth-order valence-electron chi connectivity index (χ4n) is 1.17. The van der Waals surface area contributed by atoms with Crippen LogP contribution < -0.4 is 0 Å². The van der Waals surface area contributed by atoms with Crippen LogP contribution in [0.2, 0.25) is 5.02 Å². The molecule has 88 valence electrons. The van der Waals surface area contributed by atoms with Crippen LogP contribution in [0.25, 0.3) is 0 Å². The maximum Gasteiger partial charge on any atom is 0.219 e. The predicted octanol–water partition coefficient (Wildman–Crippen LogP) is 3.30. The number of hydrogen-bond acceptors (Lipinski definition) is 2. The van der Waals surface area contributed by atoms with Gasteiger partial charge in [-0.1, -0.05) is 11.6 Å². The standard InChI is InChI=1S/C12H16ClNOS/c1-9(14(3)10(2)15)8-16-12-6-4-11(13)5-7-12/h4-7,9H,8H2,1-3H3/t9-/m0/s1. The van der Waals surface area contributed by atoms with E-state index in [-0.39, 0.29) is 11.9 Å². The Labute approximate surface area is 106 Å². The monoisotopic (exact) mass is 257 g/mol. The van der Waals surface area contributed by atoms with Crippen molar-refractivity contribution in [3.05, 3.63) is 29.3 Å². The molecule has 2 nitrogen and oxygen atoms in total. The average Bonchev–Trinajstić information content (AvgIpc) is 2.26. The fraction of sp³-hybridized carbons (Fsp3) is 0.417. The Kier molecular flexibility index (Phi) is 5.16. The molecular weight excluding hydrogens is 242 g/mol. The summed E-state index contributed by atoms with van der Waals surface area (Å²) in [4.78, 5) is 14.1. The van der Waals surface area contributed by atoms with Gasteiger partial charge in [0, 0.05) is 35.7 Å². The Morgan fingerprint density at radius 2 is 2.00 bits per heavy atom. The van der Waals surface area contributed by atoms with E-state index in [1.165, 1.54) is 4.90 Å². The zero-order valence-electron chi connectivity index (χ0n) is 9.74. The Balaban J connectivity index is 2.45. The zero-order valence-corrected chi connectivity index (χ0v) is 11.3. The molecule has 1 atom stereocenters. The summed E-state index contributed by atoms with van der Waals surface area (Å²) in [5.74, 6) is 0.988. The van der Waals surface area contributed by atoms with Crippen molar-refractivity contribution in [2.45, 2.75) is 24.8 Å². The lowest BCUT2D eigenvalue weighted by Crippen LogP contribution is -2.34. The summed E-state index contributed by atoms with van der Waals surface area (Å²) in [5, 5.41) is 0.748. The van der Waals surface area contributed by atoms with Crippen molar-refractivity contribution in [2.24, 2.45) is 0 Å². The van der Waals surface area contributed by atoms with E-state index in [0.717, 1.165) is 10.8 Å². The molecule has 0 saturated heterocycles. The first-order chi connectivity index (χ1) is 7.50. The molecule has 0 aromatic heterocycles. The van der Waals surface area contributed by atoms with Crippen LogP contribution in [-0.2, 0) is 4.79 Å². The maximum atomic E-state index is 11.1. The van der Waals surface area contributed by atoms with Gasteiger partial charge in [-0.25, -0.2) is 0 Å². The molecule has 0 fully saturated rings. The molecule has 0 aliphatic rings. The molecule has 0 radical (unpaired) electrons. The number of thioether (sulfide) groups is 1. The van der Waals surface area contributed by atoms with Gasteiger partial charge in [-0.2, -0.15) is 0 Å². The molecule has 0 saturated carbocycles. The van der Waals surface area contributed by atoms with E-state index >= 15 is 0 Å². The summed E-state index contributed by atoms with van der Waals surface area (Å²) in [5.41, 5.74) is 0. The average molecular weight is 258 g/mol. The highest BCUT2D eigenvalue weighted by Gasteiger charge is 2.11. The molecule has 1 aromatic rings. The van der Waals surface area contributed by atoms with Crippen LogP contribution in [0.4, 0.5) is 0 Å². The molecule has 0 unspecified atom stereocenters. The second-order valence-corrected chi connectivity index (χ2v) is 5.27. The minimum absolute atomic E-state index is 0.101. The van der Waals surface area contributed by atoms with E-state index in [0.29, 0.717) is 0 Å². The van der Waals surface area contributed by atoms with E-state index in [2.05, 4.69) is 0 Å². The first-order valence-corrected chi connectivity index (χ1v) is 6.49. The minimum Gasteiger partial charge on any atom is -0.342 e. The van der Waals surface area contributed by atoms with Crippen LogP contribution in [0.3, 0.4) is 0 Å². The lowest BCUT2D eigenvalue weighted by molar-refractivity contribution is -0.128. The van der Waals surface area contributed by atoms with Crippen LogP contribution in [0.5, 0.6) is 0 Å². The lowest BCUT2D eigenvalue weighted by Gasteiger charge is -2.23. The lowest BCUT2D eigenvalue weighted by atomic mass is 10.3. The molecule has 0 heterocycles. The highest BCUT2D eigenvalue weighted by Crippen LogP contribution is 2.21. The van der Waals surface area contributed by atoms with Gasteiger partial charge in [-0.05, 0) is 31.2 Å². The molecule has 0 N–H and O–H groups in total. The van der Waals surface area contributed by atoms with Crippen molar-refractivity contribution in [3.8, 4) is 0 Å². The highest BCUT2D eigenvalue weighted by atomic mass is 35.5. The van der Waals surface area contributed by atoms with E-state index < -0.39 is 0 Å². The molecule has 16 heavy (non-hydrogen) atoms. The van der Waals surface area contributed by atoms with Crippen molar-refractivity contribution in [2.75, 3.05) is 12.8 Å². The molecule has 0 spiro atoms. The normalized spacial score (nSPS) is 12.2. The van der Waals surface area contributed by atoms with Crippen molar-refractivity contribution in [3.63, 3.8) is 0 Å². The number of rotatable bonds is 4. The summed E-state index contributed by atoms with van der Waals surface area (Å²) < 4.78 is 0. The number of carbonyl (C=O) groups excluding carboxylic acids is 1. The van der Waals surface area contributed by atoms with Crippen molar-refractivity contribution in [1.29, 1.82) is 0 Å². The number of nitrogens with zero attached hydrogens (tertiary/aromatic N) is 1. The van der Waals surface area contributed by atoms with Crippen LogP contribution in [0, 0.1) is 0 Å². The van der Waals surface area contributed by atoms with E-state index in [1.54, 1.807) is 23.6 Å². The number of amides is 1. The Morgan fingerprint density at radius 3 is 2.50 bits per heavy atom. The quantitative estimate of drug-likeness (QED) is 0.772. The van der Waals surface area contributed by atoms with Gasteiger partial charge in [-0.15, -0.1) is 11.8 Å². The smallest absolute Gasteiger partial charge is 0.219 e. The number of benzene rings is 1. The maximum absolute atomic E-state index is 11.1.